The molecule has 1 amide bonds. The van der Waals surface area contributed by atoms with Crippen LogP contribution in [0, 0.1) is 13.8 Å². The third-order valence-corrected chi connectivity index (χ3v) is 1.69. The van der Waals surface area contributed by atoms with E-state index in [2.05, 4.69) is 5.16 Å². The molecule has 0 fully saturated rings. The van der Waals surface area contributed by atoms with Gasteiger partial charge in [0.15, 0.2) is 0 Å². The maximum atomic E-state index is 10.4. The van der Waals surface area contributed by atoms with E-state index in [9.17, 15) is 4.79 Å². The van der Waals surface area contributed by atoms with E-state index in [1.807, 2.05) is 13.8 Å². The van der Waals surface area contributed by atoms with E-state index in [1.165, 1.54) is 0 Å². The second kappa shape index (κ2) is 3.89. The van der Waals surface area contributed by atoms with Gasteiger partial charge >= 0.3 is 0 Å². The van der Waals surface area contributed by atoms with Crippen LogP contribution >= 0.6 is 0 Å². The number of carbonyl (C=O) groups excluding carboxylic acids is 1. The predicted octanol–water partition coefficient (Wildman–Crippen LogP) is 1.18. The molecular formula is C9H12N2O2. The van der Waals surface area contributed by atoms with Crippen LogP contribution in [-0.2, 0) is 4.79 Å². The molecule has 0 saturated heterocycles. The van der Waals surface area contributed by atoms with Crippen molar-refractivity contribution < 1.29 is 9.32 Å². The quantitative estimate of drug-likeness (QED) is 0.759. The highest BCUT2D eigenvalue weighted by Crippen LogP contribution is 2.13. The van der Waals surface area contributed by atoms with Crippen LogP contribution in [0.15, 0.2) is 10.6 Å². The molecule has 4 heteroatoms. The number of carbonyl (C=O) groups is 1. The van der Waals surface area contributed by atoms with E-state index in [0.29, 0.717) is 0 Å². The van der Waals surface area contributed by atoms with Crippen LogP contribution in [0.4, 0.5) is 0 Å². The molecule has 0 unspecified atom stereocenters. The largest absolute Gasteiger partial charge is 0.369 e. The van der Waals surface area contributed by atoms with Gasteiger partial charge in [0.1, 0.15) is 5.76 Å². The van der Waals surface area contributed by atoms with Gasteiger partial charge in [-0.25, -0.2) is 0 Å². The Hall–Kier alpha value is -1.58. The molecule has 1 rings (SSSR count). The highest BCUT2D eigenvalue weighted by molar-refractivity contribution is 5.76. The van der Waals surface area contributed by atoms with Crippen molar-refractivity contribution in [3.63, 3.8) is 0 Å². The first kappa shape index (κ1) is 9.51. The van der Waals surface area contributed by atoms with Crippen molar-refractivity contribution in [2.75, 3.05) is 0 Å². The first-order chi connectivity index (χ1) is 6.11. The van der Waals surface area contributed by atoms with E-state index < -0.39 is 0 Å². The zero-order valence-corrected chi connectivity index (χ0v) is 7.70. The molecule has 0 atom stereocenters. The first-order valence-corrected chi connectivity index (χ1v) is 3.99. The van der Waals surface area contributed by atoms with Gasteiger partial charge in [-0.05, 0) is 13.8 Å². The number of nitrogens with two attached hydrogens (primary N) is 1. The number of nitrogens with zero attached hydrogens (tertiary/aromatic N) is 1. The summed E-state index contributed by atoms with van der Waals surface area (Å²) in [5.41, 5.74) is 6.71. The van der Waals surface area contributed by atoms with Gasteiger partial charge in [0.05, 0.1) is 5.69 Å². The molecule has 0 aliphatic carbocycles. The van der Waals surface area contributed by atoms with Crippen LogP contribution in [-0.4, -0.2) is 11.1 Å². The molecule has 0 radical (unpaired) electrons. The summed E-state index contributed by atoms with van der Waals surface area (Å²) in [6.45, 7) is 3.67. The van der Waals surface area contributed by atoms with Crippen LogP contribution in [0.2, 0.25) is 0 Å². The molecule has 1 aromatic heterocycles. The standard InChI is InChI=1S/C9H12N2O2/c1-6-8(7(2)13-11-6)4-3-5-9(10)12/h3-4H,5H2,1-2H3,(H2,10,12). The lowest BCUT2D eigenvalue weighted by Gasteiger charge is -1.88. The molecule has 0 spiro atoms. The van der Waals surface area contributed by atoms with Gasteiger partial charge in [-0.1, -0.05) is 17.3 Å². The van der Waals surface area contributed by atoms with Crippen LogP contribution < -0.4 is 5.73 Å². The number of aromatic nitrogens is 1. The summed E-state index contributed by atoms with van der Waals surface area (Å²) in [5.74, 6) is 0.404. The molecule has 1 heterocycles. The van der Waals surface area contributed by atoms with Gasteiger partial charge in [0.2, 0.25) is 5.91 Å². The molecule has 4 nitrogen and oxygen atoms in total. The topological polar surface area (TPSA) is 69.1 Å². The fraction of sp³-hybridized carbons (Fsp3) is 0.333. The number of hydrogen-bond acceptors (Lipinski definition) is 3. The minimum Gasteiger partial charge on any atom is -0.369 e. The molecule has 13 heavy (non-hydrogen) atoms. The summed E-state index contributed by atoms with van der Waals surface area (Å²) in [4.78, 5) is 10.4. The second-order valence-corrected chi connectivity index (χ2v) is 2.81. The zero-order valence-electron chi connectivity index (χ0n) is 7.70. The molecule has 0 aromatic carbocycles. The van der Waals surface area contributed by atoms with Crippen molar-refractivity contribution in [1.29, 1.82) is 0 Å². The first-order valence-electron chi connectivity index (χ1n) is 3.99. The average Bonchev–Trinajstić information content (AvgIpc) is 2.34. The van der Waals surface area contributed by atoms with Crippen molar-refractivity contribution in [3.05, 3.63) is 23.1 Å². The third kappa shape index (κ3) is 2.43. The summed E-state index contributed by atoms with van der Waals surface area (Å²) in [5, 5.41) is 3.77. The molecule has 70 valence electrons. The lowest BCUT2D eigenvalue weighted by atomic mass is 10.2. The lowest BCUT2D eigenvalue weighted by molar-refractivity contribution is -0.117. The van der Waals surface area contributed by atoms with Crippen molar-refractivity contribution in [3.8, 4) is 0 Å². The lowest BCUT2D eigenvalue weighted by Crippen LogP contribution is -2.07. The van der Waals surface area contributed by atoms with Crippen LogP contribution in [0.25, 0.3) is 6.08 Å². The van der Waals surface area contributed by atoms with Crippen LogP contribution in [0.3, 0.4) is 0 Å². The second-order valence-electron chi connectivity index (χ2n) is 2.81. The summed E-state index contributed by atoms with van der Waals surface area (Å²) in [6.07, 6.45) is 3.74. The molecule has 0 saturated carbocycles. The van der Waals surface area contributed by atoms with Gasteiger partial charge in [-0.15, -0.1) is 0 Å². The van der Waals surface area contributed by atoms with Gasteiger partial charge in [0, 0.05) is 12.0 Å². The summed E-state index contributed by atoms with van der Waals surface area (Å²) < 4.78 is 4.94. The Labute approximate surface area is 76.4 Å². The Balaban J connectivity index is 2.73. The van der Waals surface area contributed by atoms with E-state index in [1.54, 1.807) is 12.2 Å². The molecular weight excluding hydrogens is 168 g/mol. The predicted molar refractivity (Wildman–Crippen MR) is 48.8 cm³/mol. The molecule has 0 aliphatic rings. The molecule has 0 aliphatic heterocycles. The summed E-state index contributed by atoms with van der Waals surface area (Å²) in [7, 11) is 0. The number of rotatable bonds is 3. The molecule has 1 aromatic rings. The fourth-order valence-electron chi connectivity index (χ4n) is 1.02. The van der Waals surface area contributed by atoms with Crippen molar-refractivity contribution in [1.82, 2.24) is 5.16 Å². The molecule has 2 N–H and O–H groups in total. The van der Waals surface area contributed by atoms with E-state index in [4.69, 9.17) is 10.3 Å². The monoisotopic (exact) mass is 180 g/mol. The van der Waals surface area contributed by atoms with E-state index in [0.717, 1.165) is 17.0 Å². The Morgan fingerprint density at radius 3 is 2.77 bits per heavy atom. The average molecular weight is 180 g/mol. The number of amides is 1. The van der Waals surface area contributed by atoms with Crippen LogP contribution in [0.5, 0.6) is 0 Å². The highest BCUT2D eigenvalue weighted by atomic mass is 16.5. The summed E-state index contributed by atoms with van der Waals surface area (Å²) in [6, 6.07) is 0. The van der Waals surface area contributed by atoms with Crippen molar-refractivity contribution >= 4 is 12.0 Å². The minimum absolute atomic E-state index is 0.240. The number of primary amides is 1. The van der Waals surface area contributed by atoms with Gasteiger partial charge < -0.3 is 10.3 Å². The van der Waals surface area contributed by atoms with Crippen molar-refractivity contribution in [2.24, 2.45) is 5.73 Å². The maximum absolute atomic E-state index is 10.4. The Morgan fingerprint density at radius 1 is 1.62 bits per heavy atom. The normalized spacial score (nSPS) is 10.9. The Bertz CT molecular complexity index is 320. The van der Waals surface area contributed by atoms with Crippen molar-refractivity contribution in [2.45, 2.75) is 20.3 Å². The summed E-state index contributed by atoms with van der Waals surface area (Å²) >= 11 is 0. The highest BCUT2D eigenvalue weighted by Gasteiger charge is 2.04. The van der Waals surface area contributed by atoms with Crippen LogP contribution in [0.1, 0.15) is 23.4 Å². The van der Waals surface area contributed by atoms with Gasteiger partial charge in [-0.3, -0.25) is 4.79 Å². The Morgan fingerprint density at radius 2 is 2.31 bits per heavy atom. The fourth-order valence-corrected chi connectivity index (χ4v) is 1.02. The Kier molecular flexibility index (Phi) is 2.84. The zero-order chi connectivity index (χ0) is 9.84. The van der Waals surface area contributed by atoms with Gasteiger partial charge in [-0.2, -0.15) is 0 Å². The third-order valence-electron chi connectivity index (χ3n) is 1.69. The SMILES string of the molecule is Cc1noc(C)c1C=CCC(N)=O. The maximum Gasteiger partial charge on any atom is 0.221 e. The van der Waals surface area contributed by atoms with Gasteiger partial charge in [0.25, 0.3) is 0 Å². The number of aryl methyl sites for hydroxylation is 2. The smallest absolute Gasteiger partial charge is 0.221 e. The minimum atomic E-state index is -0.344. The van der Waals surface area contributed by atoms with E-state index >= 15 is 0 Å². The van der Waals surface area contributed by atoms with E-state index in [-0.39, 0.29) is 12.3 Å². The molecule has 0 bridgehead atoms. The number of hydrogen-bond donors (Lipinski definition) is 1.